The summed E-state index contributed by atoms with van der Waals surface area (Å²) in [5.41, 5.74) is 7.37. The van der Waals surface area contributed by atoms with E-state index in [1.165, 1.54) is 6.33 Å². The minimum Gasteiger partial charge on any atom is -0.383 e. The van der Waals surface area contributed by atoms with Gasteiger partial charge in [0.15, 0.2) is 5.65 Å². The standard InChI is InChI=1S/C13H11ClN6O/c1-16-13(21)8-4-7(2-3-10(8)14)20-12-9(5-19-20)11(15)17-6-18-12/h2-6H,1H3,(H,16,21)(H2,15,17,18). The van der Waals surface area contributed by atoms with Gasteiger partial charge in [0.1, 0.15) is 12.1 Å². The highest BCUT2D eigenvalue weighted by atomic mass is 35.5. The van der Waals surface area contributed by atoms with Crippen LogP contribution in [0.2, 0.25) is 5.02 Å². The molecule has 0 aliphatic heterocycles. The Kier molecular flexibility index (Phi) is 3.19. The predicted octanol–water partition coefficient (Wildman–Crippen LogP) is 1.41. The molecule has 1 aromatic carbocycles. The second-order valence-electron chi connectivity index (χ2n) is 4.30. The average Bonchev–Trinajstić information content (AvgIpc) is 2.92. The molecule has 0 atom stereocenters. The fourth-order valence-corrected chi connectivity index (χ4v) is 2.21. The van der Waals surface area contributed by atoms with Gasteiger partial charge in [0, 0.05) is 7.05 Å². The van der Waals surface area contributed by atoms with E-state index < -0.39 is 0 Å². The number of aromatic nitrogens is 4. The number of fused-ring (bicyclic) bond motifs is 1. The molecule has 0 unspecified atom stereocenters. The summed E-state index contributed by atoms with van der Waals surface area (Å²) in [7, 11) is 1.54. The highest BCUT2D eigenvalue weighted by Gasteiger charge is 2.13. The molecule has 21 heavy (non-hydrogen) atoms. The molecule has 0 radical (unpaired) electrons. The number of hydrogen-bond donors (Lipinski definition) is 2. The quantitative estimate of drug-likeness (QED) is 0.745. The molecule has 1 amide bonds. The zero-order valence-corrected chi connectivity index (χ0v) is 11.8. The SMILES string of the molecule is CNC(=O)c1cc(-n2ncc3c(N)ncnc32)ccc1Cl. The van der Waals surface area contributed by atoms with Gasteiger partial charge in [-0.05, 0) is 18.2 Å². The van der Waals surface area contributed by atoms with Crippen molar-refractivity contribution in [3.05, 3.63) is 41.3 Å². The molecule has 8 heteroatoms. The van der Waals surface area contributed by atoms with E-state index in [4.69, 9.17) is 17.3 Å². The highest BCUT2D eigenvalue weighted by Crippen LogP contribution is 2.23. The van der Waals surface area contributed by atoms with Gasteiger partial charge < -0.3 is 11.1 Å². The minimum absolute atomic E-state index is 0.271. The number of carbonyl (C=O) groups is 1. The molecule has 0 spiro atoms. The van der Waals surface area contributed by atoms with Crippen molar-refractivity contribution in [3.8, 4) is 5.69 Å². The van der Waals surface area contributed by atoms with Crippen molar-refractivity contribution in [1.82, 2.24) is 25.1 Å². The molecule has 3 rings (SSSR count). The van der Waals surface area contributed by atoms with E-state index in [1.807, 2.05) is 0 Å². The summed E-state index contributed by atoms with van der Waals surface area (Å²) in [6, 6.07) is 5.03. The average molecular weight is 303 g/mol. The zero-order valence-electron chi connectivity index (χ0n) is 11.0. The lowest BCUT2D eigenvalue weighted by molar-refractivity contribution is 0.0963. The van der Waals surface area contributed by atoms with Crippen molar-refractivity contribution in [2.75, 3.05) is 12.8 Å². The Bertz CT molecular complexity index is 844. The van der Waals surface area contributed by atoms with Crippen LogP contribution in [0.25, 0.3) is 16.7 Å². The fraction of sp³-hybridized carbons (Fsp3) is 0.0769. The number of nitrogens with one attached hydrogen (secondary N) is 1. The van der Waals surface area contributed by atoms with Crippen LogP contribution in [0.4, 0.5) is 5.82 Å². The monoisotopic (exact) mass is 302 g/mol. The second kappa shape index (κ2) is 5.02. The number of anilines is 1. The topological polar surface area (TPSA) is 98.7 Å². The highest BCUT2D eigenvalue weighted by molar-refractivity contribution is 6.33. The molecule has 0 saturated heterocycles. The third kappa shape index (κ3) is 2.17. The normalized spacial score (nSPS) is 10.8. The van der Waals surface area contributed by atoms with Crippen LogP contribution in [0, 0.1) is 0 Å². The predicted molar refractivity (Wildman–Crippen MR) is 79.5 cm³/mol. The lowest BCUT2D eigenvalue weighted by Gasteiger charge is -2.07. The Morgan fingerprint density at radius 3 is 2.95 bits per heavy atom. The van der Waals surface area contributed by atoms with Crippen LogP contribution in [0.1, 0.15) is 10.4 Å². The Balaban J connectivity index is 2.19. The Hall–Kier alpha value is -2.67. The number of carbonyl (C=O) groups excluding carboxylic acids is 1. The molecule has 0 saturated carbocycles. The van der Waals surface area contributed by atoms with Crippen molar-refractivity contribution in [2.45, 2.75) is 0 Å². The van der Waals surface area contributed by atoms with Crippen LogP contribution in [-0.4, -0.2) is 32.7 Å². The van der Waals surface area contributed by atoms with Crippen LogP contribution in [0.15, 0.2) is 30.7 Å². The van der Waals surface area contributed by atoms with Crippen molar-refractivity contribution >= 4 is 34.4 Å². The maximum atomic E-state index is 11.8. The van der Waals surface area contributed by atoms with E-state index in [1.54, 1.807) is 36.1 Å². The van der Waals surface area contributed by atoms with E-state index in [9.17, 15) is 4.79 Å². The van der Waals surface area contributed by atoms with E-state index in [0.717, 1.165) is 0 Å². The second-order valence-corrected chi connectivity index (χ2v) is 4.70. The van der Waals surface area contributed by atoms with E-state index in [0.29, 0.717) is 33.1 Å². The summed E-state index contributed by atoms with van der Waals surface area (Å²) in [6.07, 6.45) is 2.95. The smallest absolute Gasteiger partial charge is 0.252 e. The molecule has 0 fully saturated rings. The molecule has 106 valence electrons. The Labute approximate surface area is 124 Å². The van der Waals surface area contributed by atoms with Crippen LogP contribution < -0.4 is 11.1 Å². The van der Waals surface area contributed by atoms with Crippen LogP contribution in [-0.2, 0) is 0 Å². The van der Waals surface area contributed by atoms with Gasteiger partial charge in [0.05, 0.1) is 27.9 Å². The summed E-state index contributed by atoms with van der Waals surface area (Å²) < 4.78 is 1.58. The van der Waals surface area contributed by atoms with Gasteiger partial charge in [-0.2, -0.15) is 5.10 Å². The first-order chi connectivity index (χ1) is 10.1. The van der Waals surface area contributed by atoms with Crippen molar-refractivity contribution in [3.63, 3.8) is 0 Å². The van der Waals surface area contributed by atoms with Gasteiger partial charge in [-0.25, -0.2) is 14.6 Å². The summed E-state index contributed by atoms with van der Waals surface area (Å²) in [6.45, 7) is 0. The van der Waals surface area contributed by atoms with Gasteiger partial charge in [0.25, 0.3) is 5.91 Å². The van der Waals surface area contributed by atoms with Gasteiger partial charge in [-0.1, -0.05) is 11.6 Å². The third-order valence-corrected chi connectivity index (χ3v) is 3.39. The lowest BCUT2D eigenvalue weighted by atomic mass is 10.2. The van der Waals surface area contributed by atoms with Gasteiger partial charge in [0.2, 0.25) is 0 Å². The van der Waals surface area contributed by atoms with Crippen LogP contribution in [0.3, 0.4) is 0 Å². The van der Waals surface area contributed by atoms with E-state index in [-0.39, 0.29) is 5.91 Å². The summed E-state index contributed by atoms with van der Waals surface area (Å²) in [4.78, 5) is 19.9. The summed E-state index contributed by atoms with van der Waals surface area (Å²) in [5, 5.41) is 7.80. The van der Waals surface area contributed by atoms with Gasteiger partial charge in [-0.3, -0.25) is 4.79 Å². The molecule has 0 aliphatic carbocycles. The van der Waals surface area contributed by atoms with Crippen LogP contribution in [0.5, 0.6) is 0 Å². The molecule has 0 bridgehead atoms. The number of nitrogen functional groups attached to an aromatic ring is 1. The molecule has 2 heterocycles. The number of nitrogens with zero attached hydrogens (tertiary/aromatic N) is 4. The number of benzene rings is 1. The first-order valence-electron chi connectivity index (χ1n) is 6.08. The molecule has 7 nitrogen and oxygen atoms in total. The molecule has 2 aromatic heterocycles. The third-order valence-electron chi connectivity index (χ3n) is 3.06. The van der Waals surface area contributed by atoms with Crippen molar-refractivity contribution < 1.29 is 4.79 Å². The number of amides is 1. The molecule has 0 aliphatic rings. The van der Waals surface area contributed by atoms with Crippen molar-refractivity contribution in [2.24, 2.45) is 0 Å². The Morgan fingerprint density at radius 2 is 2.19 bits per heavy atom. The number of halogens is 1. The summed E-state index contributed by atoms with van der Waals surface area (Å²) in [5.74, 6) is 0.0826. The number of nitrogens with two attached hydrogens (primary N) is 1. The minimum atomic E-state index is -0.271. The first-order valence-corrected chi connectivity index (χ1v) is 6.46. The van der Waals surface area contributed by atoms with Crippen molar-refractivity contribution in [1.29, 1.82) is 0 Å². The van der Waals surface area contributed by atoms with E-state index >= 15 is 0 Å². The molecular formula is C13H11ClN6O. The summed E-state index contributed by atoms with van der Waals surface area (Å²) >= 11 is 6.04. The maximum Gasteiger partial charge on any atom is 0.252 e. The van der Waals surface area contributed by atoms with Crippen LogP contribution >= 0.6 is 11.6 Å². The largest absolute Gasteiger partial charge is 0.383 e. The maximum absolute atomic E-state index is 11.8. The number of rotatable bonds is 2. The molecular weight excluding hydrogens is 292 g/mol. The zero-order chi connectivity index (χ0) is 15.0. The molecule has 3 aromatic rings. The Morgan fingerprint density at radius 1 is 1.38 bits per heavy atom. The number of hydrogen-bond acceptors (Lipinski definition) is 5. The molecule has 3 N–H and O–H groups in total. The van der Waals surface area contributed by atoms with Gasteiger partial charge in [-0.15, -0.1) is 0 Å². The first kappa shape index (κ1) is 13.3. The van der Waals surface area contributed by atoms with E-state index in [2.05, 4.69) is 20.4 Å². The van der Waals surface area contributed by atoms with Gasteiger partial charge >= 0.3 is 0 Å². The lowest BCUT2D eigenvalue weighted by Crippen LogP contribution is -2.18. The fourth-order valence-electron chi connectivity index (χ4n) is 2.00.